The van der Waals surface area contributed by atoms with E-state index in [1.165, 1.54) is 0 Å². The Balaban J connectivity index is 1.54. The van der Waals surface area contributed by atoms with Gasteiger partial charge in [-0.05, 0) is 75.5 Å². The lowest BCUT2D eigenvalue weighted by molar-refractivity contribution is 0.101. The highest BCUT2D eigenvalue weighted by Gasteiger charge is 2.24. The number of aryl methyl sites for hydroxylation is 5. The van der Waals surface area contributed by atoms with Gasteiger partial charge >= 0.3 is 0 Å². The van der Waals surface area contributed by atoms with Gasteiger partial charge in [0.25, 0.3) is 5.91 Å². The number of amides is 1. The van der Waals surface area contributed by atoms with E-state index >= 15 is 0 Å². The maximum atomic E-state index is 13.2. The Morgan fingerprint density at radius 2 is 1.63 bits per heavy atom. The maximum Gasteiger partial charge on any atom is 0.278 e. The minimum atomic E-state index is -0.374. The van der Waals surface area contributed by atoms with Crippen molar-refractivity contribution in [2.24, 2.45) is 0 Å². The first-order valence-corrected chi connectivity index (χ1v) is 12.1. The van der Waals surface area contributed by atoms with Gasteiger partial charge in [0.2, 0.25) is 0 Å². The van der Waals surface area contributed by atoms with Crippen molar-refractivity contribution in [2.45, 2.75) is 61.7 Å². The lowest BCUT2D eigenvalue weighted by atomic mass is 10.1. The SMILES string of the molecule is Cc1cccc(C)c1OCc1c(C(=O)Nc2c(C)nn(Cn3nc(C)c(Br)c3C)c2C)noc1C. The third-order valence-electron chi connectivity index (χ3n) is 6.15. The van der Waals surface area contributed by atoms with Gasteiger partial charge < -0.3 is 14.6 Å². The standard InChI is InChI=1S/C25H29BrN6O3/c1-13-9-8-10-14(2)24(13)34-11-20-19(7)35-30-23(20)25(33)27-22-16(4)29-32(18(22)6)12-31-17(5)21(26)15(3)28-31/h8-10H,11-12H2,1-7H3,(H,27,33). The molecule has 0 saturated carbocycles. The number of nitrogens with one attached hydrogen (secondary N) is 1. The van der Waals surface area contributed by atoms with Crippen LogP contribution in [-0.2, 0) is 13.3 Å². The van der Waals surface area contributed by atoms with Crippen molar-refractivity contribution in [2.75, 3.05) is 5.32 Å². The van der Waals surface area contributed by atoms with E-state index in [1.807, 2.05) is 69.1 Å². The fraction of sp³-hybridized carbons (Fsp3) is 0.360. The van der Waals surface area contributed by atoms with Crippen LogP contribution in [0.15, 0.2) is 27.2 Å². The van der Waals surface area contributed by atoms with Crippen LogP contribution < -0.4 is 10.1 Å². The monoisotopic (exact) mass is 540 g/mol. The molecule has 0 radical (unpaired) electrons. The van der Waals surface area contributed by atoms with Crippen LogP contribution >= 0.6 is 15.9 Å². The summed E-state index contributed by atoms with van der Waals surface area (Å²) in [6, 6.07) is 5.97. The number of anilines is 1. The molecule has 1 aromatic carbocycles. The van der Waals surface area contributed by atoms with Crippen LogP contribution in [0, 0.1) is 48.5 Å². The molecule has 1 N–H and O–H groups in total. The third kappa shape index (κ3) is 4.75. The van der Waals surface area contributed by atoms with Crippen LogP contribution in [0.2, 0.25) is 0 Å². The predicted octanol–water partition coefficient (Wildman–Crippen LogP) is 5.33. The summed E-state index contributed by atoms with van der Waals surface area (Å²) in [5.74, 6) is 0.963. The van der Waals surface area contributed by atoms with Gasteiger partial charge in [-0.15, -0.1) is 0 Å². The van der Waals surface area contributed by atoms with Crippen molar-refractivity contribution < 1.29 is 14.1 Å². The summed E-state index contributed by atoms with van der Waals surface area (Å²) >= 11 is 3.56. The summed E-state index contributed by atoms with van der Waals surface area (Å²) in [6.45, 7) is 14.1. The number of nitrogens with zero attached hydrogens (tertiary/aromatic N) is 5. The van der Waals surface area contributed by atoms with E-state index in [2.05, 4.69) is 36.6 Å². The fourth-order valence-corrected chi connectivity index (χ4v) is 4.32. The highest BCUT2D eigenvalue weighted by atomic mass is 79.9. The topological polar surface area (TPSA) is 100 Å². The average Bonchev–Trinajstić information content (AvgIpc) is 3.39. The summed E-state index contributed by atoms with van der Waals surface area (Å²) in [6.07, 6.45) is 0. The molecule has 0 saturated heterocycles. The molecule has 4 aromatic rings. The van der Waals surface area contributed by atoms with Crippen molar-refractivity contribution in [3.63, 3.8) is 0 Å². The largest absolute Gasteiger partial charge is 0.488 e. The quantitative estimate of drug-likeness (QED) is 0.340. The number of hydrogen-bond acceptors (Lipinski definition) is 6. The van der Waals surface area contributed by atoms with Crippen molar-refractivity contribution in [1.29, 1.82) is 0 Å². The Bertz CT molecular complexity index is 1390. The molecule has 0 bridgehead atoms. The normalized spacial score (nSPS) is 11.2. The van der Waals surface area contributed by atoms with Gasteiger partial charge in [0.15, 0.2) is 5.69 Å². The van der Waals surface area contributed by atoms with Gasteiger partial charge in [-0.1, -0.05) is 23.4 Å². The molecule has 0 unspecified atom stereocenters. The Morgan fingerprint density at radius 1 is 1.00 bits per heavy atom. The summed E-state index contributed by atoms with van der Waals surface area (Å²) in [4.78, 5) is 13.2. The van der Waals surface area contributed by atoms with E-state index in [0.29, 0.717) is 29.4 Å². The van der Waals surface area contributed by atoms with Gasteiger partial charge in [0.1, 0.15) is 24.8 Å². The van der Waals surface area contributed by atoms with Crippen LogP contribution in [0.1, 0.15) is 55.7 Å². The Labute approximate surface area is 212 Å². The molecular formula is C25H29BrN6O3. The summed E-state index contributed by atoms with van der Waals surface area (Å²) < 4.78 is 16.1. The number of carbonyl (C=O) groups excluding carboxylic acids is 1. The zero-order valence-corrected chi connectivity index (χ0v) is 22.6. The molecule has 0 aliphatic carbocycles. The third-order valence-corrected chi connectivity index (χ3v) is 7.30. The fourth-order valence-electron chi connectivity index (χ4n) is 4.04. The smallest absolute Gasteiger partial charge is 0.278 e. The van der Waals surface area contributed by atoms with Gasteiger partial charge in [0, 0.05) is 0 Å². The highest BCUT2D eigenvalue weighted by Crippen LogP contribution is 2.27. The Kier molecular flexibility index (Phi) is 6.84. The van der Waals surface area contributed by atoms with Crippen molar-refractivity contribution in [3.05, 3.63) is 73.6 Å². The second-order valence-corrected chi connectivity index (χ2v) is 9.49. The molecule has 0 spiro atoms. The van der Waals surface area contributed by atoms with Gasteiger partial charge in [-0.3, -0.25) is 4.79 Å². The zero-order valence-electron chi connectivity index (χ0n) is 21.0. The molecule has 9 nitrogen and oxygen atoms in total. The molecule has 10 heteroatoms. The summed E-state index contributed by atoms with van der Waals surface area (Å²) in [7, 11) is 0. The second kappa shape index (κ2) is 9.69. The molecular weight excluding hydrogens is 512 g/mol. The van der Waals surface area contributed by atoms with Crippen molar-refractivity contribution >= 4 is 27.5 Å². The predicted molar refractivity (Wildman–Crippen MR) is 136 cm³/mol. The van der Waals surface area contributed by atoms with Crippen LogP contribution in [0.25, 0.3) is 0 Å². The summed E-state index contributed by atoms with van der Waals surface area (Å²) in [5.41, 5.74) is 6.93. The van der Waals surface area contributed by atoms with Crippen LogP contribution in [0.3, 0.4) is 0 Å². The molecule has 0 aliphatic heterocycles. The number of halogens is 1. The van der Waals surface area contributed by atoms with Gasteiger partial charge in [-0.2, -0.15) is 10.2 Å². The number of aromatic nitrogens is 5. The summed E-state index contributed by atoms with van der Waals surface area (Å²) in [5, 5.41) is 16.1. The first-order chi connectivity index (χ1) is 16.6. The van der Waals surface area contributed by atoms with E-state index in [9.17, 15) is 4.79 Å². The molecule has 0 fully saturated rings. The average molecular weight is 541 g/mol. The lowest BCUT2D eigenvalue weighted by Crippen LogP contribution is -2.17. The van der Waals surface area contributed by atoms with E-state index in [4.69, 9.17) is 9.26 Å². The number of para-hydroxylation sites is 1. The van der Waals surface area contributed by atoms with Crippen LogP contribution in [0.5, 0.6) is 5.75 Å². The Morgan fingerprint density at radius 3 is 2.26 bits per heavy atom. The van der Waals surface area contributed by atoms with Crippen molar-refractivity contribution in [1.82, 2.24) is 24.7 Å². The molecule has 3 aromatic heterocycles. The molecule has 0 atom stereocenters. The number of rotatable bonds is 7. The Hall–Kier alpha value is -3.40. The second-order valence-electron chi connectivity index (χ2n) is 8.70. The van der Waals surface area contributed by atoms with Crippen LogP contribution in [-0.4, -0.2) is 30.6 Å². The zero-order chi connectivity index (χ0) is 25.4. The van der Waals surface area contributed by atoms with Gasteiger partial charge in [0.05, 0.1) is 38.5 Å². The van der Waals surface area contributed by atoms with E-state index in [1.54, 1.807) is 6.92 Å². The lowest BCUT2D eigenvalue weighted by Gasteiger charge is -2.12. The van der Waals surface area contributed by atoms with Crippen molar-refractivity contribution in [3.8, 4) is 5.75 Å². The number of benzene rings is 1. The molecule has 1 amide bonds. The van der Waals surface area contributed by atoms with Gasteiger partial charge in [-0.25, -0.2) is 9.36 Å². The molecule has 184 valence electrons. The first-order valence-electron chi connectivity index (χ1n) is 11.3. The first kappa shape index (κ1) is 24.7. The van der Waals surface area contributed by atoms with E-state index < -0.39 is 0 Å². The van der Waals surface area contributed by atoms with Crippen LogP contribution in [0.4, 0.5) is 5.69 Å². The van der Waals surface area contributed by atoms with E-state index in [0.717, 1.165) is 38.4 Å². The molecule has 35 heavy (non-hydrogen) atoms. The highest BCUT2D eigenvalue weighted by molar-refractivity contribution is 9.10. The number of ether oxygens (including phenoxy) is 1. The molecule has 3 heterocycles. The minimum absolute atomic E-state index is 0.174. The minimum Gasteiger partial charge on any atom is -0.488 e. The van der Waals surface area contributed by atoms with E-state index in [-0.39, 0.29) is 18.2 Å². The number of carbonyl (C=O) groups is 1. The molecule has 0 aliphatic rings. The maximum absolute atomic E-state index is 13.2. The number of hydrogen-bond donors (Lipinski definition) is 1. The molecule has 4 rings (SSSR count).